The van der Waals surface area contributed by atoms with Gasteiger partial charge in [-0.05, 0) is 0 Å². The van der Waals surface area contributed by atoms with Crippen LogP contribution < -0.4 is 0 Å². The Hall–Kier alpha value is 0.700. The molecule has 0 saturated heterocycles. The van der Waals surface area contributed by atoms with Crippen molar-refractivity contribution in [3.63, 3.8) is 0 Å². The molecule has 1 aromatic carbocycles. The molecule has 1 aromatic rings. The van der Waals surface area contributed by atoms with Gasteiger partial charge in [-0.15, -0.1) is 0 Å². The predicted octanol–water partition coefficient (Wildman–Crippen LogP) is 12.8. The number of hydrogen-bond acceptors (Lipinski definition) is 3. The molecule has 0 aliphatic heterocycles. The molecule has 0 aromatic heterocycles. The molecule has 0 saturated carbocycles. The summed E-state index contributed by atoms with van der Waals surface area (Å²) in [6.45, 7) is 4.59. The second-order valence-electron chi connectivity index (χ2n) is 10.5. The third-order valence-electron chi connectivity index (χ3n) is 6.98. The molecule has 0 radical (unpaired) electrons. The van der Waals surface area contributed by atoms with Crippen molar-refractivity contribution in [1.82, 2.24) is 0 Å². The van der Waals surface area contributed by atoms with Gasteiger partial charge in [-0.25, -0.2) is 0 Å². The molecule has 0 fully saturated rings. The Morgan fingerprint density at radius 3 is 1.18 bits per heavy atom. The minimum absolute atomic E-state index is 1.20. The number of benzene rings is 1. The summed E-state index contributed by atoms with van der Waals surface area (Å²) in [4.78, 5) is 1.35. The molecule has 0 unspecified atom stereocenters. The van der Waals surface area contributed by atoms with E-state index < -0.39 is 4.21 Å². The molecular formula is C30H57PS3. The first-order chi connectivity index (χ1) is 16.5. The Morgan fingerprint density at radius 2 is 0.824 bits per heavy atom. The van der Waals surface area contributed by atoms with Crippen molar-refractivity contribution in [2.45, 2.75) is 147 Å². The zero-order valence-corrected chi connectivity index (χ0v) is 26.2. The topological polar surface area (TPSA) is 0 Å². The van der Waals surface area contributed by atoms with E-state index in [1.807, 2.05) is 11.4 Å². The van der Waals surface area contributed by atoms with Gasteiger partial charge in [0.05, 0.1) is 0 Å². The summed E-state index contributed by atoms with van der Waals surface area (Å²) in [5.74, 6) is 0. The van der Waals surface area contributed by atoms with Crippen LogP contribution in [0.4, 0.5) is 0 Å². The Balaban J connectivity index is 2.33. The van der Waals surface area contributed by atoms with Gasteiger partial charge in [-0.1, -0.05) is 0 Å². The zero-order valence-electron chi connectivity index (χ0n) is 22.7. The normalized spacial score (nSPS) is 13.1. The molecule has 4 heteroatoms. The number of hydrogen-bond donors (Lipinski definition) is 2. The third kappa shape index (κ3) is 18.0. The van der Waals surface area contributed by atoms with Crippen LogP contribution >= 0.6 is 40.1 Å². The summed E-state index contributed by atoms with van der Waals surface area (Å²) in [7, 11) is 0. The molecule has 0 atom stereocenters. The van der Waals surface area contributed by atoms with E-state index in [0.717, 1.165) is 0 Å². The first-order valence-corrected chi connectivity index (χ1v) is 21.1. The summed E-state index contributed by atoms with van der Waals surface area (Å²) in [5.41, 5.74) is 0. The summed E-state index contributed by atoms with van der Waals surface area (Å²) in [6.07, 6.45) is 30.2. The number of unbranched alkanes of at least 4 members (excludes halogenated alkanes) is 18. The van der Waals surface area contributed by atoms with Gasteiger partial charge in [0.2, 0.25) is 0 Å². The maximum absolute atomic E-state index is 5.43. The van der Waals surface area contributed by atoms with Gasteiger partial charge < -0.3 is 0 Å². The van der Waals surface area contributed by atoms with Gasteiger partial charge in [0.25, 0.3) is 0 Å². The van der Waals surface area contributed by atoms with Crippen LogP contribution in [0.3, 0.4) is 0 Å². The Labute approximate surface area is 229 Å². The predicted molar refractivity (Wildman–Crippen MR) is 171 cm³/mol. The van der Waals surface area contributed by atoms with Crippen molar-refractivity contribution in [2.24, 2.45) is 0 Å². The number of rotatable bonds is 24. The third-order valence-corrected chi connectivity index (χ3v) is 17.2. The van der Waals surface area contributed by atoms with E-state index in [1.165, 1.54) is 146 Å². The summed E-state index contributed by atoms with van der Waals surface area (Å²) < 4.78 is -2.35. The molecule has 0 heterocycles. The number of thiol groups is 2. The van der Waals surface area contributed by atoms with Crippen molar-refractivity contribution < 1.29 is 0 Å². The van der Waals surface area contributed by atoms with Gasteiger partial charge >= 0.3 is 230 Å². The standard InChI is InChI=1S/C30H57PS3/c1-3-5-7-9-11-13-15-17-19-24-28-31(32,33,34-30-26-22-21-23-27-30)29-25-20-18-16-14-12-10-8-6-4-2/h21-23,26-27,32-33H,3-20,24-25,28-29H2,1-2H3. The van der Waals surface area contributed by atoms with Crippen LogP contribution in [0, 0.1) is 0 Å². The molecule has 0 N–H and O–H groups in total. The fourth-order valence-corrected chi connectivity index (χ4v) is 14.2. The van der Waals surface area contributed by atoms with E-state index in [1.54, 1.807) is 0 Å². The van der Waals surface area contributed by atoms with E-state index in [9.17, 15) is 0 Å². The molecular weight excluding hydrogens is 488 g/mol. The van der Waals surface area contributed by atoms with Gasteiger partial charge in [-0.3, -0.25) is 0 Å². The van der Waals surface area contributed by atoms with Gasteiger partial charge in [0.15, 0.2) is 0 Å². The first-order valence-electron chi connectivity index (χ1n) is 14.7. The molecule has 34 heavy (non-hydrogen) atoms. The molecule has 0 amide bonds. The SMILES string of the molecule is CCCCCCCCCCCCP(S)(S)(CCCCCCCCCCCC)Sc1ccccc1. The molecule has 200 valence electrons. The van der Waals surface area contributed by atoms with Crippen molar-refractivity contribution in [3.05, 3.63) is 30.3 Å². The second kappa shape index (κ2) is 20.7. The van der Waals surface area contributed by atoms with Crippen LogP contribution in [0.1, 0.15) is 142 Å². The first kappa shape index (κ1) is 32.7. The molecule has 0 bridgehead atoms. The molecule has 0 aliphatic carbocycles. The van der Waals surface area contributed by atoms with Gasteiger partial charge in [0, 0.05) is 0 Å². The van der Waals surface area contributed by atoms with Crippen molar-refractivity contribution in [1.29, 1.82) is 0 Å². The van der Waals surface area contributed by atoms with Crippen LogP contribution in [-0.2, 0) is 0 Å². The van der Waals surface area contributed by atoms with E-state index in [-0.39, 0.29) is 0 Å². The van der Waals surface area contributed by atoms with Crippen LogP contribution in [0.25, 0.3) is 0 Å². The van der Waals surface area contributed by atoms with Gasteiger partial charge in [-0.2, -0.15) is 0 Å². The second-order valence-corrected chi connectivity index (χ2v) is 26.2. The van der Waals surface area contributed by atoms with E-state index in [2.05, 4.69) is 44.2 Å². The zero-order chi connectivity index (χ0) is 24.8. The molecule has 1 rings (SSSR count). The summed E-state index contributed by atoms with van der Waals surface area (Å²) in [5, 5.41) is 0. The van der Waals surface area contributed by atoms with Crippen molar-refractivity contribution in [2.75, 3.05) is 12.3 Å². The van der Waals surface area contributed by atoms with Crippen molar-refractivity contribution in [3.8, 4) is 0 Å². The molecule has 0 aliphatic rings. The van der Waals surface area contributed by atoms with E-state index >= 15 is 0 Å². The molecule has 0 spiro atoms. The quantitative estimate of drug-likeness (QED) is 0.0741. The summed E-state index contributed by atoms with van der Waals surface area (Å²) >= 11 is 12.9. The van der Waals surface area contributed by atoms with E-state index in [0.29, 0.717) is 0 Å². The van der Waals surface area contributed by atoms with Crippen LogP contribution in [0.2, 0.25) is 0 Å². The van der Waals surface area contributed by atoms with Crippen LogP contribution in [-0.4, -0.2) is 12.3 Å². The Bertz CT molecular complexity index is 548. The van der Waals surface area contributed by atoms with Crippen LogP contribution in [0.15, 0.2) is 35.2 Å². The summed E-state index contributed by atoms with van der Waals surface area (Å²) in [6, 6.07) is 10.9. The average Bonchev–Trinajstić information content (AvgIpc) is 2.82. The monoisotopic (exact) mass is 544 g/mol. The molecule has 0 nitrogen and oxygen atoms in total. The van der Waals surface area contributed by atoms with Crippen LogP contribution in [0.5, 0.6) is 0 Å². The minimum atomic E-state index is -2.35. The fraction of sp³-hybridized carbons (Fsp3) is 0.800. The fourth-order valence-electron chi connectivity index (χ4n) is 4.76. The Kier molecular flexibility index (Phi) is 19.9. The maximum atomic E-state index is 5.43. The Morgan fingerprint density at radius 1 is 0.500 bits per heavy atom. The van der Waals surface area contributed by atoms with E-state index in [4.69, 9.17) is 24.5 Å². The van der Waals surface area contributed by atoms with Crippen molar-refractivity contribution >= 4 is 40.1 Å². The average molecular weight is 545 g/mol. The van der Waals surface area contributed by atoms with Gasteiger partial charge in [0.1, 0.15) is 0 Å².